The third kappa shape index (κ3) is 2.90. The van der Waals surface area contributed by atoms with Gasteiger partial charge in [0.1, 0.15) is 0 Å². The lowest BCUT2D eigenvalue weighted by Gasteiger charge is -2.17. The van der Waals surface area contributed by atoms with E-state index in [2.05, 4.69) is 21.4 Å². The lowest BCUT2D eigenvalue weighted by molar-refractivity contribution is 1.27. The van der Waals surface area contributed by atoms with E-state index in [0.29, 0.717) is 0 Å². The van der Waals surface area contributed by atoms with Crippen LogP contribution in [0.4, 0.5) is 11.4 Å². The van der Waals surface area contributed by atoms with Crippen LogP contribution in [0, 0.1) is 0 Å². The molecule has 1 N–H and O–H groups in total. The molecule has 0 aliphatic carbocycles. The van der Waals surface area contributed by atoms with Crippen molar-refractivity contribution in [1.29, 1.82) is 0 Å². The van der Waals surface area contributed by atoms with Gasteiger partial charge < -0.3 is 0 Å². The molecule has 2 aromatic carbocycles. The Morgan fingerprint density at radius 2 is 1.75 bits per heavy atom. The second-order valence-corrected chi connectivity index (χ2v) is 4.49. The summed E-state index contributed by atoms with van der Waals surface area (Å²) in [6.07, 6.45) is 0. The smallest absolute Gasteiger partial charge is 0.0760 e. The van der Waals surface area contributed by atoms with Crippen LogP contribution in [-0.2, 0) is 0 Å². The van der Waals surface area contributed by atoms with Crippen molar-refractivity contribution in [3.63, 3.8) is 0 Å². The van der Waals surface area contributed by atoms with Gasteiger partial charge in [0, 0.05) is 16.2 Å². The molecular weight excluding hydrogens is 288 g/mol. The van der Waals surface area contributed by atoms with Crippen molar-refractivity contribution in [2.45, 2.75) is 0 Å². The van der Waals surface area contributed by atoms with Crippen LogP contribution in [0.5, 0.6) is 0 Å². The van der Waals surface area contributed by atoms with E-state index >= 15 is 0 Å². The lowest BCUT2D eigenvalue weighted by atomic mass is 10.3. The highest BCUT2D eigenvalue weighted by Gasteiger charge is 2.02. The van der Waals surface area contributed by atoms with Gasteiger partial charge in [0.05, 0.1) is 11.4 Å². The number of rotatable bonds is 3. The van der Waals surface area contributed by atoms with Gasteiger partial charge >= 0.3 is 0 Å². The molecule has 0 aliphatic rings. The molecule has 0 atom stereocenters. The van der Waals surface area contributed by atoms with E-state index in [4.69, 9.17) is 11.8 Å². The number of benzene rings is 2. The summed E-state index contributed by atoms with van der Waals surface area (Å²) in [5, 5.41) is 0. The summed E-state index contributed by atoms with van der Waals surface area (Å²) in [6, 6.07) is 17.5. The largest absolute Gasteiger partial charge is 0.284 e. The van der Waals surface area contributed by atoms with Gasteiger partial charge in [0.2, 0.25) is 0 Å². The van der Waals surface area contributed by atoms with Crippen LogP contribution in [0.2, 0.25) is 0 Å². The average molecular weight is 298 g/mol. The highest BCUT2D eigenvalue weighted by atomic mass is 79.9. The topological polar surface area (TPSA) is 15.3 Å². The predicted molar refractivity (Wildman–Crippen MR) is 72.5 cm³/mol. The molecule has 4 heteroatoms. The van der Waals surface area contributed by atoms with Crippen LogP contribution >= 0.6 is 27.7 Å². The van der Waals surface area contributed by atoms with E-state index in [1.807, 2.05) is 54.6 Å². The van der Waals surface area contributed by atoms with Crippen molar-refractivity contribution in [2.24, 2.45) is 0 Å². The van der Waals surface area contributed by atoms with E-state index in [-0.39, 0.29) is 0 Å². The molecule has 2 rings (SSSR count). The van der Waals surface area contributed by atoms with Crippen LogP contribution in [0.1, 0.15) is 0 Å². The minimum atomic E-state index is 0.893. The van der Waals surface area contributed by atoms with Gasteiger partial charge in [-0.05, 0) is 30.3 Å². The molecular formula is C12H10BrClN2. The van der Waals surface area contributed by atoms with Crippen molar-refractivity contribution in [2.75, 3.05) is 9.95 Å². The van der Waals surface area contributed by atoms with Crippen LogP contribution in [-0.4, -0.2) is 0 Å². The highest BCUT2D eigenvalue weighted by molar-refractivity contribution is 9.10. The molecule has 0 aliphatic heterocycles. The number of para-hydroxylation sites is 1. The maximum atomic E-state index is 6.10. The normalized spacial score (nSPS) is 9.88. The molecule has 0 fully saturated rings. The molecule has 2 nitrogen and oxygen atoms in total. The first-order valence-corrected chi connectivity index (χ1v) is 5.92. The van der Waals surface area contributed by atoms with Crippen molar-refractivity contribution in [1.82, 2.24) is 0 Å². The predicted octanol–water partition coefficient (Wildman–Crippen LogP) is 4.44. The first-order chi connectivity index (χ1) is 7.75. The molecule has 0 unspecified atom stereocenters. The molecule has 0 bridgehead atoms. The van der Waals surface area contributed by atoms with Crippen LogP contribution < -0.4 is 9.95 Å². The third-order valence-electron chi connectivity index (χ3n) is 2.03. The fourth-order valence-electron chi connectivity index (χ4n) is 1.29. The van der Waals surface area contributed by atoms with Crippen molar-refractivity contribution in [3.8, 4) is 0 Å². The van der Waals surface area contributed by atoms with E-state index in [1.54, 1.807) is 0 Å². The van der Waals surface area contributed by atoms with Crippen molar-refractivity contribution < 1.29 is 0 Å². The quantitative estimate of drug-likeness (QED) is 0.666. The maximum Gasteiger partial charge on any atom is 0.0760 e. The molecule has 0 spiro atoms. The molecule has 0 saturated carbocycles. The molecule has 82 valence electrons. The average Bonchev–Trinajstić information content (AvgIpc) is 2.30. The second-order valence-electron chi connectivity index (χ2n) is 3.24. The SMILES string of the molecule is ClN(Nc1cccc(Br)c1)c1ccccc1. The fraction of sp³-hybridized carbons (Fsp3) is 0. The summed E-state index contributed by atoms with van der Waals surface area (Å²) in [4.78, 5) is 0. The molecule has 0 aromatic heterocycles. The summed E-state index contributed by atoms with van der Waals surface area (Å²) in [6.45, 7) is 0. The van der Waals surface area contributed by atoms with Gasteiger partial charge in [-0.25, -0.2) is 0 Å². The maximum absolute atomic E-state index is 6.10. The van der Waals surface area contributed by atoms with Gasteiger partial charge in [0.25, 0.3) is 0 Å². The zero-order valence-corrected chi connectivity index (χ0v) is 10.7. The summed E-state index contributed by atoms with van der Waals surface area (Å²) in [5.74, 6) is 0. The van der Waals surface area contributed by atoms with E-state index in [1.165, 1.54) is 4.53 Å². The first kappa shape index (κ1) is 11.3. The van der Waals surface area contributed by atoms with Gasteiger partial charge in [-0.2, -0.15) is 4.53 Å². The Kier molecular flexibility index (Phi) is 3.70. The van der Waals surface area contributed by atoms with E-state index < -0.39 is 0 Å². The number of anilines is 2. The number of hydrogen-bond acceptors (Lipinski definition) is 2. The molecule has 0 saturated heterocycles. The molecule has 0 amide bonds. The Labute approximate surface area is 108 Å². The molecule has 0 radical (unpaired) electrons. The standard InChI is InChI=1S/C12H10BrClN2/c13-10-5-4-6-11(9-10)15-16(14)12-7-2-1-3-8-12/h1-9,15H. The molecule has 0 heterocycles. The van der Waals surface area contributed by atoms with Gasteiger partial charge in [-0.3, -0.25) is 5.43 Å². The lowest BCUT2D eigenvalue weighted by Crippen LogP contribution is -2.18. The van der Waals surface area contributed by atoms with Crippen molar-refractivity contribution >= 4 is 39.1 Å². The second kappa shape index (κ2) is 5.23. The summed E-state index contributed by atoms with van der Waals surface area (Å²) in [5.41, 5.74) is 4.88. The number of nitrogens with one attached hydrogen (secondary N) is 1. The Morgan fingerprint density at radius 1 is 1.00 bits per heavy atom. The molecule has 2 aromatic rings. The van der Waals surface area contributed by atoms with Crippen LogP contribution in [0.3, 0.4) is 0 Å². The Hall–Kier alpha value is -1.19. The van der Waals surface area contributed by atoms with Gasteiger partial charge in [-0.15, -0.1) is 0 Å². The minimum Gasteiger partial charge on any atom is -0.284 e. The number of hydrogen-bond donors (Lipinski definition) is 1. The number of halogens is 2. The van der Waals surface area contributed by atoms with E-state index in [9.17, 15) is 0 Å². The fourth-order valence-corrected chi connectivity index (χ4v) is 1.90. The zero-order valence-electron chi connectivity index (χ0n) is 8.40. The van der Waals surface area contributed by atoms with Gasteiger partial charge in [-0.1, -0.05) is 40.2 Å². The number of hydrazine groups is 1. The monoisotopic (exact) mass is 296 g/mol. The first-order valence-electron chi connectivity index (χ1n) is 4.79. The van der Waals surface area contributed by atoms with E-state index in [0.717, 1.165) is 15.8 Å². The Morgan fingerprint density at radius 3 is 2.44 bits per heavy atom. The Bertz CT molecular complexity index is 462. The third-order valence-corrected chi connectivity index (χ3v) is 2.81. The van der Waals surface area contributed by atoms with Crippen LogP contribution in [0.15, 0.2) is 59.1 Å². The Balaban J connectivity index is 2.11. The van der Waals surface area contributed by atoms with Gasteiger partial charge in [0.15, 0.2) is 0 Å². The minimum absolute atomic E-state index is 0.893. The summed E-state index contributed by atoms with van der Waals surface area (Å²) < 4.78 is 2.47. The zero-order chi connectivity index (χ0) is 11.4. The van der Waals surface area contributed by atoms with Crippen LogP contribution in [0.25, 0.3) is 0 Å². The summed E-state index contributed by atoms with van der Waals surface area (Å²) in [7, 11) is 0. The highest BCUT2D eigenvalue weighted by Crippen LogP contribution is 2.20. The summed E-state index contributed by atoms with van der Waals surface area (Å²) >= 11 is 9.51. The number of nitrogens with zero attached hydrogens (tertiary/aromatic N) is 1. The molecule has 16 heavy (non-hydrogen) atoms. The van der Waals surface area contributed by atoms with Crippen molar-refractivity contribution in [3.05, 3.63) is 59.1 Å².